The highest BCUT2D eigenvalue weighted by molar-refractivity contribution is 6.36. The number of imide groups is 1. The molecule has 0 saturated heterocycles. The summed E-state index contributed by atoms with van der Waals surface area (Å²) in [5, 5.41) is 3.19. The van der Waals surface area contributed by atoms with E-state index in [2.05, 4.69) is 5.32 Å². The number of rotatable bonds is 7. The second kappa shape index (κ2) is 8.98. The minimum atomic E-state index is -0.363. The summed E-state index contributed by atoms with van der Waals surface area (Å²) in [7, 11) is 3.18. The first-order valence-corrected chi connectivity index (χ1v) is 10.2. The van der Waals surface area contributed by atoms with Crippen LogP contribution in [0.3, 0.4) is 0 Å². The summed E-state index contributed by atoms with van der Waals surface area (Å²) < 4.78 is 10.4. The van der Waals surface area contributed by atoms with Gasteiger partial charge in [0.1, 0.15) is 17.2 Å². The van der Waals surface area contributed by atoms with E-state index in [4.69, 9.17) is 9.47 Å². The van der Waals surface area contributed by atoms with E-state index >= 15 is 0 Å². The Labute approximate surface area is 187 Å². The molecule has 1 aliphatic heterocycles. The maximum absolute atomic E-state index is 13.4. The molecule has 3 aromatic carbocycles. The van der Waals surface area contributed by atoms with Crippen LogP contribution in [0.4, 0.5) is 5.69 Å². The van der Waals surface area contributed by atoms with Crippen LogP contribution in [0.2, 0.25) is 0 Å². The molecular weight excluding hydrogens is 404 g/mol. The molecule has 0 spiro atoms. The molecule has 0 bridgehead atoms. The van der Waals surface area contributed by atoms with Gasteiger partial charge < -0.3 is 14.8 Å². The van der Waals surface area contributed by atoms with Gasteiger partial charge >= 0.3 is 0 Å². The van der Waals surface area contributed by atoms with Gasteiger partial charge in [-0.25, -0.2) is 0 Å². The van der Waals surface area contributed by atoms with E-state index in [1.54, 1.807) is 38.5 Å². The number of hydrogen-bond acceptors (Lipinski definition) is 5. The number of nitrogens with one attached hydrogen (secondary N) is 1. The number of hydrogen-bond donors (Lipinski definition) is 1. The Morgan fingerprint density at radius 3 is 2.03 bits per heavy atom. The van der Waals surface area contributed by atoms with Crippen molar-refractivity contribution < 1.29 is 19.1 Å². The largest absolute Gasteiger partial charge is 0.497 e. The Bertz CT molecular complexity index is 1180. The first kappa shape index (κ1) is 21.2. The molecule has 0 unspecified atom stereocenters. The quantitative estimate of drug-likeness (QED) is 0.565. The number of methoxy groups -OCH3 is 2. The average Bonchev–Trinajstić information content (AvgIpc) is 3.04. The van der Waals surface area contributed by atoms with Crippen molar-refractivity contribution in [3.05, 3.63) is 95.2 Å². The number of nitrogens with zero attached hydrogens (tertiary/aromatic N) is 1. The van der Waals surface area contributed by atoms with Gasteiger partial charge in [0.15, 0.2) is 0 Å². The highest BCUT2D eigenvalue weighted by atomic mass is 16.5. The van der Waals surface area contributed by atoms with Crippen LogP contribution < -0.4 is 14.8 Å². The van der Waals surface area contributed by atoms with E-state index in [0.717, 1.165) is 16.8 Å². The molecule has 162 valence electrons. The van der Waals surface area contributed by atoms with Gasteiger partial charge in [0, 0.05) is 5.69 Å². The maximum atomic E-state index is 13.4. The fourth-order valence-corrected chi connectivity index (χ4v) is 3.64. The van der Waals surface area contributed by atoms with Crippen LogP contribution in [-0.2, 0) is 16.1 Å². The topological polar surface area (TPSA) is 67.9 Å². The highest BCUT2D eigenvalue weighted by Crippen LogP contribution is 2.32. The van der Waals surface area contributed by atoms with Gasteiger partial charge in [-0.1, -0.05) is 36.4 Å². The smallest absolute Gasteiger partial charge is 0.278 e. The number of ether oxygens (including phenoxy) is 2. The van der Waals surface area contributed by atoms with E-state index in [0.29, 0.717) is 22.6 Å². The Kier molecular flexibility index (Phi) is 5.94. The molecule has 1 N–H and O–H groups in total. The summed E-state index contributed by atoms with van der Waals surface area (Å²) in [6.07, 6.45) is 0. The third-order valence-corrected chi connectivity index (χ3v) is 5.33. The van der Waals surface area contributed by atoms with E-state index in [9.17, 15) is 9.59 Å². The van der Waals surface area contributed by atoms with Gasteiger partial charge in [-0.3, -0.25) is 14.5 Å². The molecule has 0 aromatic heterocycles. The maximum Gasteiger partial charge on any atom is 0.278 e. The second-order valence-corrected chi connectivity index (χ2v) is 7.52. The predicted octanol–water partition coefficient (Wildman–Crippen LogP) is 4.40. The van der Waals surface area contributed by atoms with Crippen LogP contribution in [0.15, 0.2) is 78.5 Å². The molecule has 4 rings (SSSR count). The van der Waals surface area contributed by atoms with Crippen molar-refractivity contribution in [2.75, 3.05) is 19.5 Å². The standard InChI is InChI=1S/C26H24N2O4/c1-17-5-4-6-20(15-17)27-24-23(19-9-13-22(32-3)14-10-19)25(29)28(26(24)30)16-18-7-11-21(31-2)12-8-18/h4-15,27H,16H2,1-3H3. The van der Waals surface area contributed by atoms with Gasteiger partial charge in [0.2, 0.25) is 0 Å². The van der Waals surface area contributed by atoms with Crippen LogP contribution in [-0.4, -0.2) is 30.9 Å². The Balaban J connectivity index is 1.71. The molecule has 0 fully saturated rings. The summed E-state index contributed by atoms with van der Waals surface area (Å²) in [4.78, 5) is 28.1. The lowest BCUT2D eigenvalue weighted by molar-refractivity contribution is -0.137. The lowest BCUT2D eigenvalue weighted by Gasteiger charge is -2.16. The van der Waals surface area contributed by atoms with Crippen molar-refractivity contribution >= 4 is 23.1 Å². The molecule has 3 aromatic rings. The number of amides is 2. The summed E-state index contributed by atoms with van der Waals surface area (Å²) in [5.74, 6) is 0.686. The molecule has 2 amide bonds. The average molecular weight is 428 g/mol. The lowest BCUT2D eigenvalue weighted by Crippen LogP contribution is -2.32. The van der Waals surface area contributed by atoms with Gasteiger partial charge in [-0.2, -0.15) is 0 Å². The molecule has 0 aliphatic carbocycles. The monoisotopic (exact) mass is 428 g/mol. The van der Waals surface area contributed by atoms with Gasteiger partial charge in [0.05, 0.1) is 26.3 Å². The van der Waals surface area contributed by atoms with Crippen LogP contribution in [0.5, 0.6) is 11.5 Å². The van der Waals surface area contributed by atoms with Crippen molar-refractivity contribution in [2.24, 2.45) is 0 Å². The normalized spacial score (nSPS) is 13.5. The van der Waals surface area contributed by atoms with E-state index in [1.165, 1.54) is 4.90 Å². The zero-order valence-electron chi connectivity index (χ0n) is 18.2. The fourth-order valence-electron chi connectivity index (χ4n) is 3.64. The Morgan fingerprint density at radius 2 is 1.44 bits per heavy atom. The lowest BCUT2D eigenvalue weighted by atomic mass is 10.0. The number of benzene rings is 3. The second-order valence-electron chi connectivity index (χ2n) is 7.52. The molecule has 0 saturated carbocycles. The third kappa shape index (κ3) is 4.21. The third-order valence-electron chi connectivity index (χ3n) is 5.33. The van der Waals surface area contributed by atoms with E-state index < -0.39 is 0 Å². The van der Waals surface area contributed by atoms with Crippen molar-refractivity contribution in [2.45, 2.75) is 13.5 Å². The first-order chi connectivity index (χ1) is 15.5. The van der Waals surface area contributed by atoms with Crippen LogP contribution in [0, 0.1) is 6.92 Å². The first-order valence-electron chi connectivity index (χ1n) is 10.2. The van der Waals surface area contributed by atoms with E-state index in [1.807, 2.05) is 55.5 Å². The molecule has 6 heteroatoms. The van der Waals surface area contributed by atoms with Crippen molar-refractivity contribution in [1.82, 2.24) is 4.90 Å². The van der Waals surface area contributed by atoms with Crippen LogP contribution in [0.25, 0.3) is 5.57 Å². The Morgan fingerprint density at radius 1 is 0.812 bits per heavy atom. The van der Waals surface area contributed by atoms with Crippen molar-refractivity contribution in [3.8, 4) is 11.5 Å². The van der Waals surface area contributed by atoms with Crippen molar-refractivity contribution in [3.63, 3.8) is 0 Å². The molecule has 0 atom stereocenters. The summed E-state index contributed by atoms with van der Waals surface area (Å²) >= 11 is 0. The summed E-state index contributed by atoms with van der Waals surface area (Å²) in [6, 6.07) is 22.1. The minimum Gasteiger partial charge on any atom is -0.497 e. The summed E-state index contributed by atoms with van der Waals surface area (Å²) in [5.41, 5.74) is 3.88. The molecular formula is C26H24N2O4. The van der Waals surface area contributed by atoms with Crippen molar-refractivity contribution in [1.29, 1.82) is 0 Å². The van der Waals surface area contributed by atoms with Gasteiger partial charge in [-0.15, -0.1) is 0 Å². The van der Waals surface area contributed by atoms with Crippen LogP contribution in [0.1, 0.15) is 16.7 Å². The number of carbonyl (C=O) groups is 2. The van der Waals surface area contributed by atoms with Gasteiger partial charge in [-0.05, 0) is 60.0 Å². The Hall–Kier alpha value is -4.06. The predicted molar refractivity (Wildman–Crippen MR) is 123 cm³/mol. The van der Waals surface area contributed by atoms with E-state index in [-0.39, 0.29) is 24.1 Å². The number of aryl methyl sites for hydroxylation is 1. The number of anilines is 1. The molecule has 1 heterocycles. The zero-order valence-corrected chi connectivity index (χ0v) is 18.2. The molecule has 6 nitrogen and oxygen atoms in total. The van der Waals surface area contributed by atoms with Crippen LogP contribution >= 0.6 is 0 Å². The molecule has 0 radical (unpaired) electrons. The fraction of sp³-hybridized carbons (Fsp3) is 0.154. The van der Waals surface area contributed by atoms with Gasteiger partial charge in [0.25, 0.3) is 11.8 Å². The highest BCUT2D eigenvalue weighted by Gasteiger charge is 2.39. The molecule has 1 aliphatic rings. The SMILES string of the molecule is COc1ccc(CN2C(=O)C(Nc3cccc(C)c3)=C(c3ccc(OC)cc3)C2=O)cc1. The number of carbonyl (C=O) groups excluding carboxylic acids is 2. The zero-order chi connectivity index (χ0) is 22.7. The minimum absolute atomic E-state index is 0.167. The summed E-state index contributed by atoms with van der Waals surface area (Å²) in [6.45, 7) is 2.14. The molecule has 32 heavy (non-hydrogen) atoms.